The molecule has 0 aliphatic rings. The van der Waals surface area contributed by atoms with E-state index in [0.29, 0.717) is 6.42 Å². The Morgan fingerprint density at radius 1 is 0.400 bits per heavy atom. The first-order chi connectivity index (χ1) is 14.4. The molecule has 0 aromatic carbocycles. The number of rotatable bonds is 21. The SMILES string of the molecule is O=C(O)CCCCCCCCCCC(=O)OC(=O)CCCCCCCCCC(=O)O. The molecule has 7 heteroatoms. The van der Waals surface area contributed by atoms with Crippen molar-refractivity contribution in [3.8, 4) is 0 Å². The number of carbonyl (C=O) groups excluding carboxylic acids is 2. The Balaban J connectivity index is 3.37. The van der Waals surface area contributed by atoms with E-state index >= 15 is 0 Å². The van der Waals surface area contributed by atoms with Crippen molar-refractivity contribution in [2.24, 2.45) is 0 Å². The molecule has 30 heavy (non-hydrogen) atoms. The van der Waals surface area contributed by atoms with E-state index in [1.165, 1.54) is 0 Å². The molecule has 7 nitrogen and oxygen atoms in total. The largest absolute Gasteiger partial charge is 0.481 e. The molecule has 0 amide bonds. The van der Waals surface area contributed by atoms with Gasteiger partial charge in [0.1, 0.15) is 0 Å². The van der Waals surface area contributed by atoms with Crippen LogP contribution in [0.3, 0.4) is 0 Å². The summed E-state index contributed by atoms with van der Waals surface area (Å²) in [6.45, 7) is 0. The molecule has 0 fully saturated rings. The monoisotopic (exact) mass is 428 g/mol. The van der Waals surface area contributed by atoms with Crippen LogP contribution in [0.2, 0.25) is 0 Å². The summed E-state index contributed by atoms with van der Waals surface area (Å²) < 4.78 is 4.84. The summed E-state index contributed by atoms with van der Waals surface area (Å²) in [5.41, 5.74) is 0. The standard InChI is InChI=1S/C23H40O7/c24-20(25)16-12-8-4-1-2-6-10-14-18-22(28)30-23(29)19-15-11-7-3-5-9-13-17-21(26)27/h1-19H2,(H,24,25)(H,26,27). The number of hydrogen-bond acceptors (Lipinski definition) is 5. The highest BCUT2D eigenvalue weighted by molar-refractivity contribution is 5.85. The molecule has 0 bridgehead atoms. The van der Waals surface area contributed by atoms with Crippen molar-refractivity contribution in [3.63, 3.8) is 0 Å². The van der Waals surface area contributed by atoms with E-state index in [-0.39, 0.29) is 25.7 Å². The first kappa shape index (κ1) is 28.1. The second-order valence-corrected chi connectivity index (χ2v) is 7.94. The third kappa shape index (κ3) is 22.4. The van der Waals surface area contributed by atoms with Crippen LogP contribution in [-0.2, 0) is 23.9 Å². The Hall–Kier alpha value is -1.92. The van der Waals surface area contributed by atoms with Crippen molar-refractivity contribution < 1.29 is 34.1 Å². The quantitative estimate of drug-likeness (QED) is 0.138. The molecule has 0 radical (unpaired) electrons. The van der Waals surface area contributed by atoms with Crippen molar-refractivity contribution in [2.75, 3.05) is 0 Å². The van der Waals surface area contributed by atoms with Crippen LogP contribution in [0.25, 0.3) is 0 Å². The molecular weight excluding hydrogens is 388 g/mol. The summed E-state index contributed by atoms with van der Waals surface area (Å²) in [4.78, 5) is 44.1. The number of esters is 2. The topological polar surface area (TPSA) is 118 Å². The second kappa shape index (κ2) is 20.4. The molecular formula is C23H40O7. The van der Waals surface area contributed by atoms with Crippen LogP contribution in [0.5, 0.6) is 0 Å². The number of aliphatic carboxylic acids is 2. The fraction of sp³-hybridized carbons (Fsp3) is 0.826. The average Bonchev–Trinajstić information content (AvgIpc) is 2.67. The van der Waals surface area contributed by atoms with E-state index < -0.39 is 23.9 Å². The van der Waals surface area contributed by atoms with Gasteiger partial charge in [-0.25, -0.2) is 0 Å². The maximum Gasteiger partial charge on any atom is 0.313 e. The fourth-order valence-corrected chi connectivity index (χ4v) is 3.26. The van der Waals surface area contributed by atoms with Gasteiger partial charge in [0, 0.05) is 25.7 Å². The molecule has 0 spiro atoms. The highest BCUT2D eigenvalue weighted by Crippen LogP contribution is 2.12. The van der Waals surface area contributed by atoms with Gasteiger partial charge in [0.25, 0.3) is 0 Å². The first-order valence-electron chi connectivity index (χ1n) is 11.6. The summed E-state index contributed by atoms with van der Waals surface area (Å²) in [5, 5.41) is 17.1. The van der Waals surface area contributed by atoms with Crippen molar-refractivity contribution in [3.05, 3.63) is 0 Å². The number of ether oxygens (including phenoxy) is 1. The second-order valence-electron chi connectivity index (χ2n) is 7.94. The number of hydrogen-bond donors (Lipinski definition) is 2. The predicted octanol–water partition coefficient (Wildman–Crippen LogP) is 5.64. The van der Waals surface area contributed by atoms with Crippen molar-refractivity contribution in [2.45, 2.75) is 122 Å². The van der Waals surface area contributed by atoms with Crippen LogP contribution >= 0.6 is 0 Å². The van der Waals surface area contributed by atoms with Crippen molar-refractivity contribution in [1.82, 2.24) is 0 Å². The van der Waals surface area contributed by atoms with Gasteiger partial charge in [-0.05, 0) is 25.7 Å². The van der Waals surface area contributed by atoms with Gasteiger partial charge in [0.2, 0.25) is 0 Å². The van der Waals surface area contributed by atoms with Crippen molar-refractivity contribution >= 4 is 23.9 Å². The number of carboxylic acids is 2. The van der Waals surface area contributed by atoms with Crippen LogP contribution < -0.4 is 0 Å². The van der Waals surface area contributed by atoms with E-state index in [0.717, 1.165) is 89.9 Å². The molecule has 2 N–H and O–H groups in total. The van der Waals surface area contributed by atoms with Gasteiger partial charge in [-0.2, -0.15) is 0 Å². The summed E-state index contributed by atoms with van der Waals surface area (Å²) in [7, 11) is 0. The Morgan fingerprint density at radius 2 is 0.633 bits per heavy atom. The summed E-state index contributed by atoms with van der Waals surface area (Å²) in [6, 6.07) is 0. The van der Waals surface area contributed by atoms with E-state index in [1.807, 2.05) is 0 Å². The zero-order valence-electron chi connectivity index (χ0n) is 18.4. The number of carboxylic acid groups (broad SMARTS) is 2. The van der Waals surface area contributed by atoms with Gasteiger partial charge in [0.05, 0.1) is 0 Å². The van der Waals surface area contributed by atoms with E-state index in [1.54, 1.807) is 0 Å². The molecule has 0 aliphatic carbocycles. The Labute approximate surface area is 180 Å². The van der Waals surface area contributed by atoms with Crippen LogP contribution in [0, 0.1) is 0 Å². The third-order valence-corrected chi connectivity index (χ3v) is 5.02. The minimum absolute atomic E-state index is 0.232. The molecule has 0 aliphatic heterocycles. The van der Waals surface area contributed by atoms with Crippen LogP contribution in [0.15, 0.2) is 0 Å². The van der Waals surface area contributed by atoms with E-state index in [2.05, 4.69) is 0 Å². The number of unbranched alkanes of at least 4 members (excludes halogenated alkanes) is 13. The zero-order valence-corrected chi connectivity index (χ0v) is 18.4. The van der Waals surface area contributed by atoms with Crippen LogP contribution in [-0.4, -0.2) is 34.1 Å². The predicted molar refractivity (Wildman–Crippen MR) is 114 cm³/mol. The zero-order chi connectivity index (χ0) is 22.5. The molecule has 0 heterocycles. The molecule has 0 rings (SSSR count). The first-order valence-corrected chi connectivity index (χ1v) is 11.6. The average molecular weight is 429 g/mol. The fourth-order valence-electron chi connectivity index (χ4n) is 3.26. The lowest BCUT2D eigenvalue weighted by molar-refractivity contribution is -0.159. The molecule has 0 aromatic heterocycles. The summed E-state index contributed by atoms with van der Waals surface area (Å²) in [5.74, 6) is -2.36. The minimum Gasteiger partial charge on any atom is -0.481 e. The van der Waals surface area contributed by atoms with Gasteiger partial charge in [-0.1, -0.05) is 70.6 Å². The smallest absolute Gasteiger partial charge is 0.313 e. The van der Waals surface area contributed by atoms with E-state index in [9.17, 15) is 19.2 Å². The van der Waals surface area contributed by atoms with Gasteiger partial charge in [-0.15, -0.1) is 0 Å². The van der Waals surface area contributed by atoms with Crippen molar-refractivity contribution in [1.29, 1.82) is 0 Å². The minimum atomic E-state index is -0.746. The Morgan fingerprint density at radius 3 is 0.900 bits per heavy atom. The molecule has 0 aromatic rings. The lowest BCUT2D eigenvalue weighted by Gasteiger charge is -2.04. The molecule has 0 saturated heterocycles. The Kier molecular flexibility index (Phi) is 19.1. The molecule has 0 atom stereocenters. The molecule has 174 valence electrons. The molecule has 0 saturated carbocycles. The lowest BCUT2D eigenvalue weighted by Crippen LogP contribution is -2.11. The lowest BCUT2D eigenvalue weighted by atomic mass is 10.1. The van der Waals surface area contributed by atoms with E-state index in [4.69, 9.17) is 14.9 Å². The maximum absolute atomic E-state index is 11.7. The van der Waals surface area contributed by atoms with Gasteiger partial charge < -0.3 is 14.9 Å². The maximum atomic E-state index is 11.7. The van der Waals surface area contributed by atoms with Gasteiger partial charge >= 0.3 is 23.9 Å². The molecule has 0 unspecified atom stereocenters. The van der Waals surface area contributed by atoms with Crippen LogP contribution in [0.1, 0.15) is 122 Å². The highest BCUT2D eigenvalue weighted by atomic mass is 16.6. The van der Waals surface area contributed by atoms with Crippen LogP contribution in [0.4, 0.5) is 0 Å². The summed E-state index contributed by atoms with van der Waals surface area (Å²) in [6.07, 6.45) is 15.0. The normalized spacial score (nSPS) is 10.7. The Bertz CT molecular complexity index is 488. The van der Waals surface area contributed by atoms with Gasteiger partial charge in [-0.3, -0.25) is 19.2 Å². The number of carbonyl (C=O) groups is 4. The third-order valence-electron chi connectivity index (χ3n) is 5.02. The highest BCUT2D eigenvalue weighted by Gasteiger charge is 2.09. The summed E-state index contributed by atoms with van der Waals surface area (Å²) >= 11 is 0. The van der Waals surface area contributed by atoms with Gasteiger partial charge in [0.15, 0.2) is 0 Å².